The molecule has 22 heteroatoms. The fourth-order valence-corrected chi connectivity index (χ4v) is 3.15. The van der Waals surface area contributed by atoms with Gasteiger partial charge in [-0.25, -0.2) is 4.79 Å². The third kappa shape index (κ3) is 20.4. The number of benzene rings is 2. The summed E-state index contributed by atoms with van der Waals surface area (Å²) in [6.45, 7) is 0. The minimum Gasteiger partial charge on any atom is -0.480 e. The van der Waals surface area contributed by atoms with E-state index in [0.29, 0.717) is 6.42 Å². The number of aromatic nitrogens is 2. The second-order valence-electron chi connectivity index (χ2n) is 6.77. The SMILES string of the molecule is C.N.NC(Cc1c[nH]c2ccccc12)C(=O)O.O.O.O.O=C(O)C(=O)Cc1c[nH]c2ccccc12.O=O.O=O.OO.OO.OO. The molecule has 22 nitrogen and oxygen atoms in total. The van der Waals surface area contributed by atoms with E-state index in [1.165, 1.54) is 0 Å². The molecule has 0 radical (unpaired) electrons. The number of carbonyl (C=O) groups is 3. The minimum atomic E-state index is -1.39. The van der Waals surface area contributed by atoms with Crippen LogP contribution in [0.1, 0.15) is 18.6 Å². The number of rotatable bonds is 6. The van der Waals surface area contributed by atoms with Crippen molar-refractivity contribution in [1.29, 1.82) is 0 Å². The molecule has 2 aromatic carbocycles. The van der Waals surface area contributed by atoms with Crippen LogP contribution < -0.4 is 11.9 Å². The maximum atomic E-state index is 11.0. The molecule has 4 rings (SSSR count). The summed E-state index contributed by atoms with van der Waals surface area (Å²) in [5.41, 5.74) is 9.06. The second-order valence-corrected chi connectivity index (χ2v) is 6.77. The van der Waals surface area contributed by atoms with Crippen molar-refractivity contribution in [1.82, 2.24) is 16.1 Å². The molecular formula is C23H40N4O18. The molecule has 0 fully saturated rings. The van der Waals surface area contributed by atoms with E-state index in [-0.39, 0.29) is 36.4 Å². The highest BCUT2D eigenvalue weighted by Gasteiger charge is 2.15. The number of nitrogens with one attached hydrogen (secondary N) is 2. The smallest absolute Gasteiger partial charge is 0.372 e. The number of carboxylic acid groups (broad SMARTS) is 2. The van der Waals surface area contributed by atoms with Crippen molar-refractivity contribution in [3.05, 3.63) is 91.9 Å². The number of aromatic amines is 2. The van der Waals surface area contributed by atoms with Gasteiger partial charge in [-0.2, -0.15) is 0 Å². The Morgan fingerprint density at radius 2 is 1.00 bits per heavy atom. The molecule has 0 saturated carbocycles. The van der Waals surface area contributed by atoms with Crippen LogP contribution in [0.4, 0.5) is 0 Å². The second kappa shape index (κ2) is 36.9. The third-order valence-corrected chi connectivity index (χ3v) is 4.70. The van der Waals surface area contributed by atoms with Crippen molar-refractivity contribution in [2.45, 2.75) is 26.3 Å². The number of nitrogens with two attached hydrogens (primary N) is 1. The number of fused-ring (bicyclic) bond motifs is 2. The Kier molecular flexibility index (Phi) is 48.7. The topological polar surface area (TPSA) is 468 Å². The molecule has 0 aliphatic heterocycles. The number of Topliss-reactive ketones (excluding diaryl/α,β-unsaturated/α-hetero) is 1. The van der Waals surface area contributed by atoms with Crippen LogP contribution in [0.25, 0.3) is 21.8 Å². The lowest BCUT2D eigenvalue weighted by Crippen LogP contribution is -2.32. The Labute approximate surface area is 252 Å². The van der Waals surface area contributed by atoms with Gasteiger partial charge >= 0.3 is 11.9 Å². The molecule has 2 aromatic heterocycles. The average molecular weight is 661 g/mol. The number of H-pyrrole nitrogens is 2. The van der Waals surface area contributed by atoms with Gasteiger partial charge in [-0.1, -0.05) is 43.8 Å². The van der Waals surface area contributed by atoms with Crippen LogP contribution in [-0.4, -0.2) is 91.9 Å². The Bertz CT molecular complexity index is 1270. The van der Waals surface area contributed by atoms with Crippen LogP contribution in [0.15, 0.2) is 60.9 Å². The van der Waals surface area contributed by atoms with Crippen LogP contribution in [0.5, 0.6) is 0 Å². The lowest BCUT2D eigenvalue weighted by molar-refractivity contribution is -0.176. The van der Waals surface area contributed by atoms with Crippen LogP contribution >= 0.6 is 0 Å². The van der Waals surface area contributed by atoms with Crippen molar-refractivity contribution < 1.29 is 72.6 Å². The summed E-state index contributed by atoms with van der Waals surface area (Å²) in [5.74, 6) is -3.15. The quantitative estimate of drug-likeness (QED) is 0.0778. The van der Waals surface area contributed by atoms with Gasteiger partial charge in [0.1, 0.15) is 6.04 Å². The molecular weight excluding hydrogens is 620 g/mol. The molecule has 0 spiro atoms. The summed E-state index contributed by atoms with van der Waals surface area (Å²) in [6.07, 6.45) is 3.76. The van der Waals surface area contributed by atoms with E-state index in [1.54, 1.807) is 6.20 Å². The summed E-state index contributed by atoms with van der Waals surface area (Å²) in [7, 11) is 0. The predicted molar refractivity (Wildman–Crippen MR) is 164 cm³/mol. The predicted octanol–water partition coefficient (Wildman–Crippen LogP) is 0.997. The largest absolute Gasteiger partial charge is 0.480 e. The van der Waals surface area contributed by atoms with E-state index in [4.69, 9.17) is 67.3 Å². The van der Waals surface area contributed by atoms with Gasteiger partial charge < -0.3 is 48.5 Å². The first-order chi connectivity index (χ1) is 19.4. The van der Waals surface area contributed by atoms with Crippen molar-refractivity contribution in [2.75, 3.05) is 0 Å². The fourth-order valence-electron chi connectivity index (χ4n) is 3.15. The van der Waals surface area contributed by atoms with Gasteiger partial charge in [0.2, 0.25) is 5.78 Å². The summed E-state index contributed by atoms with van der Waals surface area (Å²) in [6, 6.07) is 14.4. The first kappa shape index (κ1) is 59.3. The fraction of sp³-hybridized carbons (Fsp3) is 0.174. The number of para-hydroxylation sites is 2. The van der Waals surface area contributed by atoms with E-state index in [0.717, 1.165) is 32.9 Å². The van der Waals surface area contributed by atoms with Crippen molar-refractivity contribution in [3.8, 4) is 0 Å². The Balaban J connectivity index is -0.0000000729. The highest BCUT2D eigenvalue weighted by atomic mass is 17.0. The van der Waals surface area contributed by atoms with Crippen LogP contribution in [0, 0.1) is 19.9 Å². The van der Waals surface area contributed by atoms with E-state index >= 15 is 0 Å². The normalized spacial score (nSPS) is 8.33. The van der Waals surface area contributed by atoms with Gasteiger partial charge in [-0.15, -0.1) is 0 Å². The van der Waals surface area contributed by atoms with E-state index in [9.17, 15) is 14.4 Å². The van der Waals surface area contributed by atoms with Crippen molar-refractivity contribution >= 4 is 39.5 Å². The lowest BCUT2D eigenvalue weighted by Gasteiger charge is -2.04. The molecule has 0 amide bonds. The van der Waals surface area contributed by atoms with E-state index in [1.807, 2.05) is 54.7 Å². The van der Waals surface area contributed by atoms with Crippen LogP contribution in [0.3, 0.4) is 0 Å². The van der Waals surface area contributed by atoms with Crippen LogP contribution in [-0.2, 0) is 27.2 Å². The average Bonchev–Trinajstić information content (AvgIpc) is 3.62. The summed E-state index contributed by atoms with van der Waals surface area (Å²) < 4.78 is 0. The van der Waals surface area contributed by atoms with Crippen molar-refractivity contribution in [3.63, 3.8) is 0 Å². The lowest BCUT2D eigenvalue weighted by atomic mass is 10.1. The van der Waals surface area contributed by atoms with Gasteiger partial charge in [0, 0.05) is 66.9 Å². The van der Waals surface area contributed by atoms with Gasteiger partial charge in [-0.05, 0) is 23.3 Å². The molecule has 0 saturated heterocycles. The Hall–Kier alpha value is -5.11. The molecule has 45 heavy (non-hydrogen) atoms. The number of hydrogen-bond acceptors (Lipinski definition) is 15. The highest BCUT2D eigenvalue weighted by molar-refractivity contribution is 6.33. The zero-order valence-corrected chi connectivity index (χ0v) is 22.5. The van der Waals surface area contributed by atoms with Crippen LogP contribution in [0.2, 0.25) is 0 Å². The van der Waals surface area contributed by atoms with E-state index in [2.05, 4.69) is 9.97 Å². The molecule has 21 N–H and O–H groups in total. The van der Waals surface area contributed by atoms with Crippen molar-refractivity contribution in [2.24, 2.45) is 5.73 Å². The third-order valence-electron chi connectivity index (χ3n) is 4.70. The summed E-state index contributed by atoms with van der Waals surface area (Å²) in [4.78, 5) is 66.1. The van der Waals surface area contributed by atoms with Gasteiger partial charge in [0.25, 0.3) is 0 Å². The molecule has 1 atom stereocenters. The maximum Gasteiger partial charge on any atom is 0.372 e. The number of carboxylic acids is 2. The molecule has 0 aliphatic carbocycles. The zero-order chi connectivity index (χ0) is 31.7. The van der Waals surface area contributed by atoms with Gasteiger partial charge in [0.15, 0.2) is 0 Å². The first-order valence-corrected chi connectivity index (χ1v) is 10.1. The highest BCUT2D eigenvalue weighted by Crippen LogP contribution is 2.19. The monoisotopic (exact) mass is 660 g/mol. The van der Waals surface area contributed by atoms with Gasteiger partial charge in [0.05, 0.1) is 0 Å². The van der Waals surface area contributed by atoms with E-state index < -0.39 is 23.8 Å². The summed E-state index contributed by atoms with van der Waals surface area (Å²) >= 11 is 0. The molecule has 0 aliphatic rings. The number of hydrogen-bond donors (Lipinski definition) is 12. The Morgan fingerprint density at radius 3 is 1.36 bits per heavy atom. The number of carbonyl (C=O) groups excluding carboxylic acids is 1. The zero-order valence-electron chi connectivity index (χ0n) is 22.5. The molecule has 2 heterocycles. The minimum absolute atomic E-state index is 0. The summed E-state index contributed by atoms with van der Waals surface area (Å²) in [5, 5.41) is 55.1. The first-order valence-electron chi connectivity index (χ1n) is 10.1. The molecule has 1 unspecified atom stereocenters. The van der Waals surface area contributed by atoms with Gasteiger partial charge in [-0.3, -0.25) is 41.1 Å². The Morgan fingerprint density at radius 1 is 0.667 bits per heavy atom. The number of ketones is 1. The number of aliphatic carboxylic acids is 2. The molecule has 4 aromatic rings. The standard InChI is InChI=1S/C11H12N2O2.C11H9NO3.CH4.H3N.3H2O2.2O2.3H2O/c12-9(11(14)15)5-7-6-13-10-4-2-1-3-8(7)10;13-10(11(14)15)5-7-6-12-9-4-2-1-3-8(7)9;;;5*1-2;;;/h1-4,6,9,13H,5,12H2,(H,14,15);1-4,6,12H,5H2,(H,14,15);1H4;1H3;3*1-2H;;;3*1H2. The molecule has 260 valence electrons. The maximum absolute atomic E-state index is 11.0. The molecule has 0 bridgehead atoms.